The fourth-order valence-electron chi connectivity index (χ4n) is 1.76. The summed E-state index contributed by atoms with van der Waals surface area (Å²) in [7, 11) is 0. The first-order valence-corrected chi connectivity index (χ1v) is 6.05. The molecule has 1 nitrogen and oxygen atoms in total. The summed E-state index contributed by atoms with van der Waals surface area (Å²) in [6.45, 7) is 2.49. The van der Waals surface area contributed by atoms with Crippen molar-refractivity contribution < 1.29 is 5.11 Å². The largest absolute Gasteiger partial charge is 0.396 e. The molecule has 0 aliphatic carbocycles. The minimum atomic E-state index is 0.246. The highest BCUT2D eigenvalue weighted by atomic mass is 16.2. The zero-order valence-electron chi connectivity index (χ0n) is 9.71. The van der Waals surface area contributed by atoms with Crippen LogP contribution in [0.5, 0.6) is 0 Å². The van der Waals surface area contributed by atoms with E-state index in [1.807, 2.05) is 0 Å². The van der Waals surface area contributed by atoms with Crippen molar-refractivity contribution in [3.63, 3.8) is 0 Å². The number of rotatable bonds is 7. The summed E-state index contributed by atoms with van der Waals surface area (Å²) in [6, 6.07) is 8.64. The Kier molecular flexibility index (Phi) is 6.10. The van der Waals surface area contributed by atoms with Crippen LogP contribution in [0.4, 0.5) is 0 Å². The van der Waals surface area contributed by atoms with Gasteiger partial charge < -0.3 is 5.11 Å². The fourth-order valence-corrected chi connectivity index (χ4v) is 1.76. The van der Waals surface area contributed by atoms with Gasteiger partial charge in [0, 0.05) is 6.61 Å². The van der Waals surface area contributed by atoms with Crippen LogP contribution in [0.1, 0.15) is 43.7 Å². The van der Waals surface area contributed by atoms with E-state index in [-0.39, 0.29) is 6.61 Å². The van der Waals surface area contributed by atoms with E-state index in [1.54, 1.807) is 0 Å². The van der Waals surface area contributed by atoms with Crippen molar-refractivity contribution in [2.24, 2.45) is 0 Å². The molecule has 0 aromatic heterocycles. The van der Waals surface area contributed by atoms with Crippen molar-refractivity contribution in [3.05, 3.63) is 35.4 Å². The lowest BCUT2D eigenvalue weighted by Crippen LogP contribution is -1.91. The van der Waals surface area contributed by atoms with Crippen molar-refractivity contribution >= 4 is 0 Å². The van der Waals surface area contributed by atoms with E-state index in [0.29, 0.717) is 0 Å². The SMILES string of the molecule is CCCCCCc1ccc(CCO)cc1. The molecule has 0 aliphatic heterocycles. The molecule has 0 aliphatic rings. The van der Waals surface area contributed by atoms with Crippen LogP contribution in [0.3, 0.4) is 0 Å². The predicted octanol–water partition coefficient (Wildman–Crippen LogP) is 3.34. The van der Waals surface area contributed by atoms with Crippen molar-refractivity contribution in [2.75, 3.05) is 6.61 Å². The van der Waals surface area contributed by atoms with E-state index in [2.05, 4.69) is 31.2 Å². The maximum absolute atomic E-state index is 8.79. The smallest absolute Gasteiger partial charge is 0.0471 e. The summed E-state index contributed by atoms with van der Waals surface area (Å²) in [6.07, 6.45) is 7.26. The van der Waals surface area contributed by atoms with Gasteiger partial charge in [-0.25, -0.2) is 0 Å². The molecule has 1 aromatic rings. The topological polar surface area (TPSA) is 20.2 Å². The minimum Gasteiger partial charge on any atom is -0.396 e. The first-order valence-electron chi connectivity index (χ1n) is 6.05. The van der Waals surface area contributed by atoms with Crippen molar-refractivity contribution in [2.45, 2.75) is 45.4 Å². The molecule has 1 rings (SSSR count). The minimum absolute atomic E-state index is 0.246. The molecule has 0 atom stereocenters. The van der Waals surface area contributed by atoms with Gasteiger partial charge in [-0.3, -0.25) is 0 Å². The van der Waals surface area contributed by atoms with E-state index in [1.165, 1.54) is 43.2 Å². The van der Waals surface area contributed by atoms with Crippen LogP contribution < -0.4 is 0 Å². The number of aryl methyl sites for hydroxylation is 1. The number of unbranched alkanes of at least 4 members (excludes halogenated alkanes) is 3. The zero-order chi connectivity index (χ0) is 10.9. The van der Waals surface area contributed by atoms with Gasteiger partial charge in [-0.15, -0.1) is 0 Å². The molecular weight excluding hydrogens is 184 g/mol. The van der Waals surface area contributed by atoms with Crippen LogP contribution in [0.15, 0.2) is 24.3 Å². The van der Waals surface area contributed by atoms with Gasteiger partial charge in [-0.05, 0) is 30.4 Å². The van der Waals surface area contributed by atoms with Gasteiger partial charge in [0.1, 0.15) is 0 Å². The maximum atomic E-state index is 8.79. The average molecular weight is 206 g/mol. The third kappa shape index (κ3) is 4.98. The Balaban J connectivity index is 2.29. The molecule has 1 aromatic carbocycles. The van der Waals surface area contributed by atoms with Crippen LogP contribution in [0, 0.1) is 0 Å². The molecule has 0 fully saturated rings. The maximum Gasteiger partial charge on any atom is 0.0471 e. The average Bonchev–Trinajstić information content (AvgIpc) is 2.27. The van der Waals surface area contributed by atoms with Crippen LogP contribution >= 0.6 is 0 Å². The normalized spacial score (nSPS) is 10.5. The Labute approximate surface area is 93.1 Å². The Morgan fingerprint density at radius 3 is 2.00 bits per heavy atom. The van der Waals surface area contributed by atoms with E-state index in [9.17, 15) is 0 Å². The number of aliphatic hydroxyl groups is 1. The van der Waals surface area contributed by atoms with Crippen molar-refractivity contribution in [1.82, 2.24) is 0 Å². The molecule has 0 radical (unpaired) electrons. The quantitative estimate of drug-likeness (QED) is 0.678. The lowest BCUT2D eigenvalue weighted by Gasteiger charge is -2.03. The number of aliphatic hydroxyl groups excluding tert-OH is 1. The molecule has 0 heterocycles. The molecule has 0 saturated heterocycles. The van der Waals surface area contributed by atoms with Gasteiger partial charge in [-0.1, -0.05) is 50.5 Å². The lowest BCUT2D eigenvalue weighted by atomic mass is 10.0. The summed E-state index contributed by atoms with van der Waals surface area (Å²) < 4.78 is 0. The van der Waals surface area contributed by atoms with Gasteiger partial charge in [-0.2, -0.15) is 0 Å². The van der Waals surface area contributed by atoms with E-state index >= 15 is 0 Å². The van der Waals surface area contributed by atoms with Crippen molar-refractivity contribution in [3.8, 4) is 0 Å². The second kappa shape index (κ2) is 7.47. The number of benzene rings is 1. The molecule has 1 heteroatoms. The molecule has 15 heavy (non-hydrogen) atoms. The summed E-state index contributed by atoms with van der Waals surface area (Å²) in [4.78, 5) is 0. The summed E-state index contributed by atoms with van der Waals surface area (Å²) in [5, 5.41) is 8.79. The van der Waals surface area contributed by atoms with E-state index in [4.69, 9.17) is 5.11 Å². The first-order chi connectivity index (χ1) is 7.36. The van der Waals surface area contributed by atoms with Gasteiger partial charge in [0.25, 0.3) is 0 Å². The third-order valence-electron chi connectivity index (χ3n) is 2.74. The monoisotopic (exact) mass is 206 g/mol. The Morgan fingerprint density at radius 2 is 1.47 bits per heavy atom. The first kappa shape index (κ1) is 12.3. The van der Waals surface area contributed by atoms with Gasteiger partial charge in [0.05, 0.1) is 0 Å². The highest BCUT2D eigenvalue weighted by Crippen LogP contribution is 2.09. The van der Waals surface area contributed by atoms with Crippen LogP contribution in [0.25, 0.3) is 0 Å². The molecule has 0 unspecified atom stereocenters. The highest BCUT2D eigenvalue weighted by molar-refractivity contribution is 5.22. The summed E-state index contributed by atoms with van der Waals surface area (Å²) >= 11 is 0. The Bertz CT molecular complexity index is 251. The lowest BCUT2D eigenvalue weighted by molar-refractivity contribution is 0.299. The van der Waals surface area contributed by atoms with Crippen LogP contribution in [0.2, 0.25) is 0 Å². The van der Waals surface area contributed by atoms with Gasteiger partial charge in [0.2, 0.25) is 0 Å². The molecule has 0 bridgehead atoms. The molecule has 1 N–H and O–H groups in total. The van der Waals surface area contributed by atoms with Crippen molar-refractivity contribution in [1.29, 1.82) is 0 Å². The highest BCUT2D eigenvalue weighted by Gasteiger charge is 1.95. The van der Waals surface area contributed by atoms with E-state index in [0.717, 1.165) is 6.42 Å². The Hall–Kier alpha value is -0.820. The molecule has 0 spiro atoms. The Morgan fingerprint density at radius 1 is 0.867 bits per heavy atom. The summed E-state index contributed by atoms with van der Waals surface area (Å²) in [5.74, 6) is 0. The second-order valence-corrected chi connectivity index (χ2v) is 4.10. The van der Waals surface area contributed by atoms with Crippen LogP contribution in [-0.4, -0.2) is 11.7 Å². The zero-order valence-corrected chi connectivity index (χ0v) is 9.71. The molecule has 84 valence electrons. The number of hydrogen-bond donors (Lipinski definition) is 1. The van der Waals surface area contributed by atoms with Gasteiger partial charge in [0.15, 0.2) is 0 Å². The fraction of sp³-hybridized carbons (Fsp3) is 0.571. The third-order valence-corrected chi connectivity index (χ3v) is 2.74. The number of hydrogen-bond acceptors (Lipinski definition) is 1. The van der Waals surface area contributed by atoms with Gasteiger partial charge >= 0.3 is 0 Å². The molecule has 0 amide bonds. The van der Waals surface area contributed by atoms with E-state index < -0.39 is 0 Å². The molecular formula is C14H22O. The standard InChI is InChI=1S/C14H22O/c1-2-3-4-5-6-13-7-9-14(10-8-13)11-12-15/h7-10,15H,2-6,11-12H2,1H3. The van der Waals surface area contributed by atoms with Crippen LogP contribution in [-0.2, 0) is 12.8 Å². The molecule has 0 saturated carbocycles. The summed E-state index contributed by atoms with van der Waals surface area (Å²) in [5.41, 5.74) is 2.66. The second-order valence-electron chi connectivity index (χ2n) is 4.10. The predicted molar refractivity (Wildman–Crippen MR) is 65.1 cm³/mol.